The molecule has 16 aromatic rings. The second-order valence-electron chi connectivity index (χ2n) is 37.2. The average Bonchev–Trinajstić information content (AvgIpc) is 1.64. The van der Waals surface area contributed by atoms with Crippen molar-refractivity contribution >= 4 is 87.7 Å². The van der Waals surface area contributed by atoms with E-state index < -0.39 is 0 Å². The SMILES string of the molecule is CC(C)(C)c1cccc2[nH]cnc12.CC(C)(C)c1cccc2cc[nH]c12.CC(C)(C)c1cccc2cn[nH]c12.CC(C)(C)c1nccc2occc12.Cc1[nH]c2c(C(C)(C)C)cccc2c1C.Cc1ccc2cc[nH]c2c1C(C)(C)C.Cc1nc2ccc(C(C)(C)C)cc2o1.Cn1cc(C(C)(C)C)c2cccnc21. The average molecular weight is 1460 g/mol. The van der Waals surface area contributed by atoms with E-state index in [1.807, 2.05) is 63.0 Å². The summed E-state index contributed by atoms with van der Waals surface area (Å²) >= 11 is 0. The Hall–Kier alpha value is -10.3. The number of imidazole rings is 1. The molecule has 0 amide bonds. The largest absolute Gasteiger partial charge is 0.464 e. The molecule has 6 aromatic carbocycles. The number of hydrogen-bond donors (Lipinski definition) is 5. The number of aromatic amines is 5. The molecule has 0 saturated carbocycles. The second kappa shape index (κ2) is 32.5. The van der Waals surface area contributed by atoms with Crippen LogP contribution in [-0.4, -0.2) is 54.6 Å². The second-order valence-corrected chi connectivity index (χ2v) is 37.2. The lowest BCUT2D eigenvalue weighted by molar-refractivity contribution is 0.555. The van der Waals surface area contributed by atoms with Gasteiger partial charge < -0.3 is 33.3 Å². The molecule has 109 heavy (non-hydrogen) atoms. The number of fused-ring (bicyclic) bond motifs is 8. The summed E-state index contributed by atoms with van der Waals surface area (Å²) in [5.41, 5.74) is 27.0. The number of para-hydroxylation sites is 4. The minimum absolute atomic E-state index is 0.0728. The molecule has 0 saturated heterocycles. The Kier molecular flexibility index (Phi) is 24.7. The van der Waals surface area contributed by atoms with Crippen molar-refractivity contribution in [2.75, 3.05) is 0 Å². The number of pyridine rings is 2. The van der Waals surface area contributed by atoms with Crippen molar-refractivity contribution in [2.24, 2.45) is 7.05 Å². The molecule has 0 aliphatic rings. The van der Waals surface area contributed by atoms with E-state index >= 15 is 0 Å². The van der Waals surface area contributed by atoms with Crippen LogP contribution in [0.15, 0.2) is 198 Å². The molecule has 0 aliphatic carbocycles. The van der Waals surface area contributed by atoms with Crippen molar-refractivity contribution in [1.82, 2.24) is 54.6 Å². The van der Waals surface area contributed by atoms with Crippen molar-refractivity contribution in [3.8, 4) is 0 Å². The third kappa shape index (κ3) is 20.2. The molecule has 0 spiro atoms. The summed E-state index contributed by atoms with van der Waals surface area (Å²) in [6, 6.07) is 48.5. The van der Waals surface area contributed by atoms with Gasteiger partial charge >= 0.3 is 0 Å². The van der Waals surface area contributed by atoms with Crippen molar-refractivity contribution < 1.29 is 8.83 Å². The van der Waals surface area contributed by atoms with E-state index in [9.17, 15) is 0 Å². The molecule has 10 aromatic heterocycles. The number of H-pyrrole nitrogens is 5. The van der Waals surface area contributed by atoms with Gasteiger partial charge in [-0.3, -0.25) is 10.1 Å². The zero-order valence-electron chi connectivity index (χ0n) is 70.9. The highest BCUT2D eigenvalue weighted by molar-refractivity contribution is 5.89. The van der Waals surface area contributed by atoms with Crippen LogP contribution < -0.4 is 0 Å². The predicted octanol–water partition coefficient (Wildman–Crippen LogP) is 26.5. The van der Waals surface area contributed by atoms with Crippen LogP contribution in [0.5, 0.6) is 0 Å². The molecule has 13 heteroatoms. The van der Waals surface area contributed by atoms with Crippen LogP contribution in [0.4, 0.5) is 0 Å². The van der Waals surface area contributed by atoms with E-state index in [2.05, 4.69) is 363 Å². The molecule has 0 unspecified atom stereocenters. The number of nitrogens with zero attached hydrogens (tertiary/aromatic N) is 6. The number of furan rings is 1. The highest BCUT2D eigenvalue weighted by Crippen LogP contribution is 2.37. The summed E-state index contributed by atoms with van der Waals surface area (Å²) in [6.07, 6.45) is 15.2. The van der Waals surface area contributed by atoms with Gasteiger partial charge in [-0.15, -0.1) is 0 Å². The number of aryl methyl sites for hydroxylation is 5. The minimum atomic E-state index is 0.0728. The van der Waals surface area contributed by atoms with Crippen molar-refractivity contribution in [1.29, 1.82) is 0 Å². The maximum absolute atomic E-state index is 5.49. The summed E-state index contributed by atoms with van der Waals surface area (Å²) in [6.45, 7) is 61.6. The van der Waals surface area contributed by atoms with E-state index in [1.54, 1.807) is 18.8 Å². The van der Waals surface area contributed by atoms with Crippen LogP contribution in [0, 0.1) is 27.7 Å². The molecular weight excluding hydrogens is 1340 g/mol. The first kappa shape index (κ1) is 82.8. The zero-order valence-corrected chi connectivity index (χ0v) is 70.9. The van der Waals surface area contributed by atoms with Gasteiger partial charge in [0.15, 0.2) is 11.5 Å². The van der Waals surface area contributed by atoms with E-state index in [1.165, 1.54) is 99.2 Å². The van der Waals surface area contributed by atoms with Crippen LogP contribution in [-0.2, 0) is 50.4 Å². The van der Waals surface area contributed by atoms with Crippen LogP contribution >= 0.6 is 0 Å². The van der Waals surface area contributed by atoms with Gasteiger partial charge in [-0.05, 0) is 174 Å². The molecular formula is C96H123N11O2. The van der Waals surface area contributed by atoms with Crippen LogP contribution in [0.1, 0.15) is 234 Å². The Morgan fingerprint density at radius 2 is 0.991 bits per heavy atom. The lowest BCUT2D eigenvalue weighted by Crippen LogP contribution is -2.13. The lowest BCUT2D eigenvalue weighted by Gasteiger charge is -2.22. The molecule has 0 radical (unpaired) electrons. The molecule has 0 bridgehead atoms. The Morgan fingerprint density at radius 3 is 1.61 bits per heavy atom. The molecule has 5 N–H and O–H groups in total. The Balaban J connectivity index is 0.000000144. The standard InChI is InChI=1S/C14H19N.C13H17N.C12H16N2.C12H15NO.C12H15N.2C11H14N2.C11H13NO/c1-9-10(2)15-13-11(9)7-6-8-12(13)14(3,4)5;1-9-5-6-10-7-8-14-12(10)11(9)13(2,3)4;1-12(2,3)10-8-14(4)11-9(10)6-5-7-13-11;1-8-13-10-6-5-9(12(2,3)4)7-11(10)14-8;1-12(2,3)10-6-4-5-9-7-8-13-11(9)10;1-11(2,3)8-5-4-6-9-10(8)13-7-12-9;1-11(2,3)9-6-4-5-8-7-12-13-10(8)9;1-11(2,3)10-8-5-7-13-9(8)4-6-12-10/h6-8,15H,1-5H3;5-8,14H,1-4H3;5-8H,1-4H3;5-7H,1-4H3;4-8,13H,1-3H3;2*4-7H,1-3H3,(H,12,13);4-7H,1-3H3. The van der Waals surface area contributed by atoms with Crippen molar-refractivity contribution in [3.63, 3.8) is 0 Å². The van der Waals surface area contributed by atoms with E-state index in [0.717, 1.165) is 55.9 Å². The molecule has 574 valence electrons. The maximum atomic E-state index is 5.49. The van der Waals surface area contributed by atoms with Crippen LogP contribution in [0.3, 0.4) is 0 Å². The fourth-order valence-corrected chi connectivity index (χ4v) is 14.0. The normalized spacial score (nSPS) is 12.3. The maximum Gasteiger partial charge on any atom is 0.192 e. The number of nitrogens with one attached hydrogen (secondary N) is 5. The van der Waals surface area contributed by atoms with Crippen LogP contribution in [0.2, 0.25) is 0 Å². The van der Waals surface area contributed by atoms with Gasteiger partial charge in [-0.25, -0.2) is 15.0 Å². The minimum Gasteiger partial charge on any atom is -0.464 e. The third-order valence-electron chi connectivity index (χ3n) is 19.8. The van der Waals surface area contributed by atoms with Gasteiger partial charge in [-0.2, -0.15) is 5.10 Å². The highest BCUT2D eigenvalue weighted by atomic mass is 16.3. The number of aromatic nitrogens is 11. The number of oxazole rings is 1. The summed E-state index contributed by atoms with van der Waals surface area (Å²) in [7, 11) is 2.05. The van der Waals surface area contributed by atoms with Gasteiger partial charge in [-0.1, -0.05) is 251 Å². The number of benzene rings is 6. The summed E-state index contributed by atoms with van der Waals surface area (Å²) < 4.78 is 12.9. The summed E-state index contributed by atoms with van der Waals surface area (Å²) in [4.78, 5) is 30.6. The lowest BCUT2D eigenvalue weighted by atomic mass is 9.83. The first-order valence-electron chi connectivity index (χ1n) is 38.4. The quantitative estimate of drug-likeness (QED) is 0.100. The molecule has 16 rings (SSSR count). The van der Waals surface area contributed by atoms with Gasteiger partial charge in [0.2, 0.25) is 0 Å². The topological polar surface area (TPSA) is 175 Å². The van der Waals surface area contributed by atoms with E-state index in [0.29, 0.717) is 0 Å². The molecule has 13 nitrogen and oxygen atoms in total. The van der Waals surface area contributed by atoms with Gasteiger partial charge in [0.05, 0.1) is 41.0 Å². The first-order chi connectivity index (χ1) is 50.7. The Labute approximate surface area is 648 Å². The van der Waals surface area contributed by atoms with Gasteiger partial charge in [0.25, 0.3) is 0 Å². The summed E-state index contributed by atoms with van der Waals surface area (Å²) in [5.74, 6) is 0.728. The fraction of sp³-hybridized carbons (Fsp3) is 0.385. The van der Waals surface area contributed by atoms with E-state index in [4.69, 9.17) is 8.83 Å². The Bertz CT molecular complexity index is 5330. The van der Waals surface area contributed by atoms with Gasteiger partial charge in [0.1, 0.15) is 16.7 Å². The van der Waals surface area contributed by atoms with Gasteiger partial charge in [0, 0.05) is 94.2 Å². The highest BCUT2D eigenvalue weighted by Gasteiger charge is 2.25. The third-order valence-corrected chi connectivity index (χ3v) is 19.8. The smallest absolute Gasteiger partial charge is 0.192 e. The molecule has 0 fully saturated rings. The first-order valence-corrected chi connectivity index (χ1v) is 38.4. The Morgan fingerprint density at radius 1 is 0.422 bits per heavy atom. The summed E-state index contributed by atoms with van der Waals surface area (Å²) in [5, 5.41) is 14.6. The zero-order chi connectivity index (χ0) is 80.1. The fourth-order valence-electron chi connectivity index (χ4n) is 14.0. The monoisotopic (exact) mass is 1460 g/mol. The van der Waals surface area contributed by atoms with E-state index in [-0.39, 0.29) is 43.3 Å². The van der Waals surface area contributed by atoms with Crippen LogP contribution in [0.25, 0.3) is 87.7 Å². The van der Waals surface area contributed by atoms with Crippen molar-refractivity contribution in [2.45, 2.75) is 237 Å². The predicted molar refractivity (Wildman–Crippen MR) is 464 cm³/mol. The molecule has 10 heterocycles. The van der Waals surface area contributed by atoms with Crippen molar-refractivity contribution in [3.05, 3.63) is 257 Å². The number of hydrogen-bond acceptors (Lipinski definition) is 7. The molecule has 0 atom stereocenters. The molecule has 0 aliphatic heterocycles. The number of rotatable bonds is 0.